The van der Waals surface area contributed by atoms with E-state index in [1.807, 2.05) is 32.0 Å². The van der Waals surface area contributed by atoms with Crippen LogP contribution in [0.15, 0.2) is 47.4 Å². The van der Waals surface area contributed by atoms with Crippen molar-refractivity contribution in [3.63, 3.8) is 0 Å². The van der Waals surface area contributed by atoms with Gasteiger partial charge >= 0.3 is 0 Å². The molecule has 0 aromatic heterocycles. The molecule has 7 nitrogen and oxygen atoms in total. The smallest absolute Gasteiger partial charge is 0.251 e. The van der Waals surface area contributed by atoms with Crippen LogP contribution >= 0.6 is 0 Å². The molecule has 3 rings (SSSR count). The summed E-state index contributed by atoms with van der Waals surface area (Å²) in [5.41, 5.74) is 3.45. The Balaban J connectivity index is 1.68. The number of hydrogen-bond donors (Lipinski definition) is 1. The van der Waals surface area contributed by atoms with Crippen molar-refractivity contribution in [1.82, 2.24) is 9.62 Å². The minimum Gasteiger partial charge on any atom is -0.347 e. The summed E-state index contributed by atoms with van der Waals surface area (Å²) in [4.78, 5) is 27.0. The summed E-state index contributed by atoms with van der Waals surface area (Å²) in [6, 6.07) is 11.5. The summed E-state index contributed by atoms with van der Waals surface area (Å²) in [5, 5.41) is 2.89. The Kier molecular flexibility index (Phi) is 6.81. The highest BCUT2D eigenvalue weighted by molar-refractivity contribution is 7.89. The molecule has 1 aliphatic heterocycles. The number of benzene rings is 2. The van der Waals surface area contributed by atoms with Crippen LogP contribution in [0.25, 0.3) is 0 Å². The van der Waals surface area contributed by atoms with Crippen LogP contribution in [-0.4, -0.2) is 50.2 Å². The van der Waals surface area contributed by atoms with E-state index in [-0.39, 0.29) is 29.2 Å². The molecule has 31 heavy (non-hydrogen) atoms. The fourth-order valence-corrected chi connectivity index (χ4v) is 5.16. The fraction of sp³-hybridized carbons (Fsp3) is 0.391. The van der Waals surface area contributed by atoms with Crippen molar-refractivity contribution in [3.8, 4) is 0 Å². The molecular formula is C23H29N3O4S. The molecule has 1 heterocycles. The van der Waals surface area contributed by atoms with Crippen molar-refractivity contribution in [2.75, 3.05) is 24.5 Å². The molecule has 2 aromatic carbocycles. The van der Waals surface area contributed by atoms with Gasteiger partial charge in [0.1, 0.15) is 0 Å². The van der Waals surface area contributed by atoms with Crippen molar-refractivity contribution >= 4 is 27.5 Å². The first-order valence-corrected chi connectivity index (χ1v) is 11.9. The van der Waals surface area contributed by atoms with Crippen molar-refractivity contribution in [3.05, 3.63) is 59.2 Å². The molecule has 8 heteroatoms. The average molecular weight is 444 g/mol. The number of anilines is 1. The van der Waals surface area contributed by atoms with Gasteiger partial charge in [-0.3, -0.25) is 9.59 Å². The van der Waals surface area contributed by atoms with E-state index in [0.717, 1.165) is 16.8 Å². The molecule has 166 valence electrons. The van der Waals surface area contributed by atoms with E-state index in [2.05, 4.69) is 5.32 Å². The first-order chi connectivity index (χ1) is 14.7. The Hall–Kier alpha value is -2.71. The molecule has 0 saturated carbocycles. The number of carbonyl (C=O) groups excluding carboxylic acids is 2. The number of amides is 2. The van der Waals surface area contributed by atoms with Crippen LogP contribution in [0.2, 0.25) is 0 Å². The molecule has 2 aromatic rings. The third kappa shape index (κ3) is 4.80. The van der Waals surface area contributed by atoms with E-state index in [1.165, 1.54) is 28.6 Å². The van der Waals surface area contributed by atoms with Gasteiger partial charge in [0.15, 0.2) is 0 Å². The first-order valence-electron chi connectivity index (χ1n) is 10.5. The number of carbonyl (C=O) groups is 2. The molecule has 1 fully saturated rings. The molecule has 1 N–H and O–H groups in total. The Morgan fingerprint density at radius 3 is 2.29 bits per heavy atom. The molecular weight excluding hydrogens is 414 g/mol. The third-order valence-electron chi connectivity index (χ3n) is 5.72. The summed E-state index contributed by atoms with van der Waals surface area (Å²) in [6.45, 7) is 8.76. The van der Waals surface area contributed by atoms with Gasteiger partial charge in [0.2, 0.25) is 15.9 Å². The zero-order valence-corrected chi connectivity index (χ0v) is 19.2. The summed E-state index contributed by atoms with van der Waals surface area (Å²) < 4.78 is 26.5. The van der Waals surface area contributed by atoms with Gasteiger partial charge in [-0.25, -0.2) is 8.42 Å². The molecule has 0 bridgehead atoms. The predicted octanol–water partition coefficient (Wildman–Crippen LogP) is 2.87. The number of rotatable bonds is 7. The van der Waals surface area contributed by atoms with Gasteiger partial charge in [-0.1, -0.05) is 19.9 Å². The number of hydrogen-bond acceptors (Lipinski definition) is 4. The first kappa shape index (κ1) is 23.0. The van der Waals surface area contributed by atoms with Gasteiger partial charge in [0.25, 0.3) is 5.91 Å². The van der Waals surface area contributed by atoms with Crippen molar-refractivity contribution in [2.45, 2.75) is 45.1 Å². The summed E-state index contributed by atoms with van der Waals surface area (Å²) in [6.07, 6.45) is 0.229. The van der Waals surface area contributed by atoms with E-state index >= 15 is 0 Å². The van der Waals surface area contributed by atoms with Crippen LogP contribution in [0.1, 0.15) is 41.8 Å². The van der Waals surface area contributed by atoms with E-state index in [9.17, 15) is 18.0 Å². The Bertz CT molecular complexity index is 1080. The van der Waals surface area contributed by atoms with E-state index < -0.39 is 10.0 Å². The summed E-state index contributed by atoms with van der Waals surface area (Å²) in [7, 11) is -3.57. The van der Waals surface area contributed by atoms with Crippen LogP contribution in [0.4, 0.5) is 5.69 Å². The molecule has 2 amide bonds. The van der Waals surface area contributed by atoms with E-state index in [0.29, 0.717) is 25.2 Å². The average Bonchev–Trinajstić information content (AvgIpc) is 3.10. The zero-order valence-electron chi connectivity index (χ0n) is 18.4. The lowest BCUT2D eigenvalue weighted by Crippen LogP contribution is -2.37. The largest absolute Gasteiger partial charge is 0.347 e. The maximum Gasteiger partial charge on any atom is 0.251 e. The number of nitrogens with one attached hydrogen (secondary N) is 1. The van der Waals surface area contributed by atoms with Gasteiger partial charge in [-0.05, 0) is 61.4 Å². The number of aryl methyl sites for hydroxylation is 2. The normalized spacial score (nSPS) is 16.7. The number of sulfonamides is 1. The van der Waals surface area contributed by atoms with Gasteiger partial charge in [0, 0.05) is 37.3 Å². The Morgan fingerprint density at radius 2 is 1.71 bits per heavy atom. The zero-order chi connectivity index (χ0) is 22.8. The van der Waals surface area contributed by atoms with Crippen LogP contribution < -0.4 is 10.2 Å². The van der Waals surface area contributed by atoms with Gasteiger partial charge < -0.3 is 10.2 Å². The summed E-state index contributed by atoms with van der Waals surface area (Å²) >= 11 is 0. The van der Waals surface area contributed by atoms with Crippen LogP contribution in [0.3, 0.4) is 0 Å². The molecule has 0 spiro atoms. The highest BCUT2D eigenvalue weighted by Crippen LogP contribution is 2.24. The summed E-state index contributed by atoms with van der Waals surface area (Å²) in [5.74, 6) is -0.360. The lowest BCUT2D eigenvalue weighted by atomic mass is 10.1. The lowest BCUT2D eigenvalue weighted by molar-refractivity contribution is -0.117. The molecule has 0 unspecified atom stereocenters. The minimum absolute atomic E-state index is 0.0331. The second kappa shape index (κ2) is 9.20. The molecule has 1 aliphatic rings. The predicted molar refractivity (Wildman–Crippen MR) is 121 cm³/mol. The van der Waals surface area contributed by atoms with Crippen LogP contribution in [0.5, 0.6) is 0 Å². The maximum atomic E-state index is 12.7. The van der Waals surface area contributed by atoms with Gasteiger partial charge in [-0.2, -0.15) is 4.31 Å². The van der Waals surface area contributed by atoms with Crippen molar-refractivity contribution < 1.29 is 18.0 Å². The second-order valence-electron chi connectivity index (χ2n) is 7.76. The van der Waals surface area contributed by atoms with E-state index in [1.54, 1.807) is 18.7 Å². The van der Waals surface area contributed by atoms with Crippen LogP contribution in [0, 0.1) is 13.8 Å². The lowest BCUT2D eigenvalue weighted by Gasteiger charge is -2.19. The molecule has 1 atom stereocenters. The molecule has 1 saturated heterocycles. The third-order valence-corrected chi connectivity index (χ3v) is 7.79. The Morgan fingerprint density at radius 1 is 1.06 bits per heavy atom. The quantitative estimate of drug-likeness (QED) is 0.713. The van der Waals surface area contributed by atoms with Gasteiger partial charge in [-0.15, -0.1) is 0 Å². The molecule has 0 radical (unpaired) electrons. The highest BCUT2D eigenvalue weighted by atomic mass is 32.2. The maximum absolute atomic E-state index is 12.7. The second-order valence-corrected chi connectivity index (χ2v) is 9.70. The van der Waals surface area contributed by atoms with Crippen molar-refractivity contribution in [2.24, 2.45) is 0 Å². The van der Waals surface area contributed by atoms with Crippen LogP contribution in [-0.2, 0) is 14.8 Å². The Labute approximate surface area is 184 Å². The molecule has 0 aliphatic carbocycles. The number of nitrogens with zero attached hydrogens (tertiary/aromatic N) is 2. The topological polar surface area (TPSA) is 86.8 Å². The monoisotopic (exact) mass is 443 g/mol. The SMILES string of the molecule is CCN(CC)S(=O)(=O)c1ccc(C(=O)N[C@@H]2CC(=O)N(c3ccc(C)c(C)c3)C2)cc1. The fourth-order valence-electron chi connectivity index (χ4n) is 3.71. The van der Waals surface area contributed by atoms with E-state index in [4.69, 9.17) is 0 Å². The highest BCUT2D eigenvalue weighted by Gasteiger charge is 2.32. The standard InChI is InChI=1S/C23H29N3O4S/c1-5-25(6-2)31(29,30)21-11-8-18(9-12-21)23(28)24-19-14-22(27)26(15-19)20-10-7-16(3)17(4)13-20/h7-13,19H,5-6,14-15H2,1-4H3,(H,24,28)/t19-/m1/s1. The minimum atomic E-state index is -3.57. The van der Waals surface area contributed by atoms with Crippen molar-refractivity contribution in [1.29, 1.82) is 0 Å². The van der Waals surface area contributed by atoms with Gasteiger partial charge in [0.05, 0.1) is 10.9 Å².